The number of benzene rings is 1. The van der Waals surface area contributed by atoms with Gasteiger partial charge in [-0.25, -0.2) is 22.0 Å². The van der Waals surface area contributed by atoms with Crippen LogP contribution in [0.2, 0.25) is 0 Å². The van der Waals surface area contributed by atoms with Gasteiger partial charge in [0.25, 0.3) is 0 Å². The van der Waals surface area contributed by atoms with Gasteiger partial charge in [-0.3, -0.25) is 19.2 Å². The number of fused-ring (bicyclic) bond motifs is 2. The van der Waals surface area contributed by atoms with E-state index in [1.807, 2.05) is 20.8 Å². The number of ketones is 3. The van der Waals surface area contributed by atoms with Crippen molar-refractivity contribution >= 4 is 39.3 Å². The number of likely N-dealkylation sites (tertiary alicyclic amines) is 1. The summed E-state index contributed by atoms with van der Waals surface area (Å²) in [4.78, 5) is 69.3. The first-order valence-electron chi connectivity index (χ1n) is 18.1. The van der Waals surface area contributed by atoms with Crippen LogP contribution in [0.4, 0.5) is 13.6 Å². The van der Waals surface area contributed by atoms with Crippen LogP contribution in [-0.4, -0.2) is 84.6 Å². The topological polar surface area (TPSA) is 150 Å². The summed E-state index contributed by atoms with van der Waals surface area (Å²) in [5.74, 6) is -4.66. The van der Waals surface area contributed by atoms with Crippen LogP contribution in [0.3, 0.4) is 0 Å². The van der Waals surface area contributed by atoms with E-state index in [0.29, 0.717) is 12.0 Å². The molecule has 3 amide bonds. The first-order chi connectivity index (χ1) is 24.2. The lowest BCUT2D eigenvalue weighted by atomic mass is 9.83. The van der Waals surface area contributed by atoms with Crippen molar-refractivity contribution in [1.29, 1.82) is 0 Å². The minimum atomic E-state index is -3.78. The number of Topliss-reactive ketones (excluding diaryl/α,β-unsaturated/α-hetero) is 3. The summed E-state index contributed by atoms with van der Waals surface area (Å²) in [5.41, 5.74) is -0.768. The highest BCUT2D eigenvalue weighted by atomic mass is 32.2. The average molecular weight is 749 g/mol. The monoisotopic (exact) mass is 748 g/mol. The van der Waals surface area contributed by atoms with Crippen molar-refractivity contribution in [2.45, 2.75) is 122 Å². The van der Waals surface area contributed by atoms with Crippen molar-refractivity contribution in [3.8, 4) is 0 Å². The van der Waals surface area contributed by atoms with Crippen LogP contribution < -0.4 is 10.6 Å². The minimum Gasteiger partial charge on any atom is -0.334 e. The largest absolute Gasteiger partial charge is 0.334 e. The van der Waals surface area contributed by atoms with E-state index < -0.39 is 93.5 Å². The smallest absolute Gasteiger partial charge is 0.315 e. The zero-order valence-electron chi connectivity index (χ0n) is 31.1. The van der Waals surface area contributed by atoms with E-state index in [1.165, 1.54) is 15.3 Å². The molecule has 0 unspecified atom stereocenters. The van der Waals surface area contributed by atoms with E-state index >= 15 is 0 Å². The molecule has 0 spiro atoms. The lowest BCUT2D eigenvalue weighted by Crippen LogP contribution is -2.61. The Morgan fingerprint density at radius 2 is 1.67 bits per heavy atom. The first kappa shape index (κ1) is 41.2. The number of sulfonamides is 1. The summed E-state index contributed by atoms with van der Waals surface area (Å²) in [5, 5.41) is 5.73. The van der Waals surface area contributed by atoms with E-state index in [-0.39, 0.29) is 49.2 Å². The molecule has 3 aliphatic rings. The molecule has 0 radical (unpaired) electrons. The van der Waals surface area contributed by atoms with Crippen molar-refractivity contribution in [2.75, 3.05) is 13.1 Å². The van der Waals surface area contributed by atoms with Crippen LogP contribution in [0.5, 0.6) is 0 Å². The minimum absolute atomic E-state index is 0.0112. The van der Waals surface area contributed by atoms with Gasteiger partial charge in [-0.1, -0.05) is 72.2 Å². The summed E-state index contributed by atoms with van der Waals surface area (Å²) in [6, 6.07) is 3.28. The molecule has 14 heteroatoms. The maximum atomic E-state index is 14.5. The Labute approximate surface area is 306 Å². The molecule has 11 nitrogen and oxygen atoms in total. The molecule has 2 heterocycles. The highest BCUT2D eigenvalue weighted by molar-refractivity contribution is 7.89. The number of nitrogens with one attached hydrogen (secondary N) is 2. The van der Waals surface area contributed by atoms with Crippen molar-refractivity contribution in [1.82, 2.24) is 19.8 Å². The Bertz CT molecular complexity index is 1650. The van der Waals surface area contributed by atoms with E-state index in [0.717, 1.165) is 12.8 Å². The summed E-state index contributed by atoms with van der Waals surface area (Å²) < 4.78 is 55.2. The van der Waals surface area contributed by atoms with E-state index in [4.69, 9.17) is 0 Å². The molecule has 0 aromatic heterocycles. The zero-order valence-corrected chi connectivity index (χ0v) is 31.9. The second kappa shape index (κ2) is 16.2. The highest BCUT2D eigenvalue weighted by Crippen LogP contribution is 2.44. The third kappa shape index (κ3) is 9.34. The molecule has 4 rings (SSSR count). The molecule has 2 N–H and O–H groups in total. The number of carbonyl (C=O) groups is 5. The normalized spacial score (nSPS) is 23.0. The van der Waals surface area contributed by atoms with Gasteiger partial charge in [0.1, 0.15) is 6.04 Å². The van der Waals surface area contributed by atoms with E-state index in [9.17, 15) is 41.2 Å². The third-order valence-corrected chi connectivity index (χ3v) is 12.6. The number of rotatable bonds is 15. The number of alkyl halides is 2. The maximum absolute atomic E-state index is 14.5. The molecule has 6 atom stereocenters. The Hall–Kier alpha value is -3.52. The zero-order chi connectivity index (χ0) is 38.8. The van der Waals surface area contributed by atoms with Gasteiger partial charge in [0.05, 0.1) is 10.9 Å². The van der Waals surface area contributed by atoms with Crippen LogP contribution in [-0.2, 0) is 35.7 Å². The molecule has 1 aromatic rings. The number of amides is 3. The molecular weight excluding hydrogens is 695 g/mol. The summed E-state index contributed by atoms with van der Waals surface area (Å²) in [7, 11) is -3.78. The van der Waals surface area contributed by atoms with Crippen LogP contribution in [0, 0.1) is 28.6 Å². The number of carbonyl (C=O) groups excluding carboxylic acids is 5. The molecule has 288 valence electrons. The molecule has 1 aromatic carbocycles. The standard InChI is InChI=1S/C38H54F2N4O7S/c1-8-9-16-27(45)33(47)25(19-31(39)40)18-28(46)32-26-15-12-14-23(26)21-44(32)35(48)34(38(5,6)7)42-36(49)41-30(37(2,3)4)22-43-20-24-13-10-11-17-29(24)52(43,50)51/h8,10-11,13,17,23,25-26,30-32,34H,1,9,12,14-16,18-22H2,2-7H3,(H2,41,42,49)/t23-,25-,26-,30+,32-,34+/m0/s1. The van der Waals surface area contributed by atoms with Crippen LogP contribution in [0.25, 0.3) is 0 Å². The van der Waals surface area contributed by atoms with Crippen LogP contribution in [0.1, 0.15) is 92.1 Å². The predicted octanol–water partition coefficient (Wildman–Crippen LogP) is 5.28. The van der Waals surface area contributed by atoms with Crippen molar-refractivity contribution in [3.63, 3.8) is 0 Å². The quantitative estimate of drug-likeness (QED) is 0.183. The summed E-state index contributed by atoms with van der Waals surface area (Å²) in [6.45, 7) is 14.8. The molecule has 2 aliphatic heterocycles. The van der Waals surface area contributed by atoms with Gasteiger partial charge in [0.2, 0.25) is 28.1 Å². The van der Waals surface area contributed by atoms with Gasteiger partial charge in [-0.05, 0) is 53.6 Å². The van der Waals surface area contributed by atoms with Gasteiger partial charge in [0.15, 0.2) is 11.6 Å². The molecule has 2 fully saturated rings. The highest BCUT2D eigenvalue weighted by Gasteiger charge is 2.52. The molecule has 52 heavy (non-hydrogen) atoms. The maximum Gasteiger partial charge on any atom is 0.315 e. The number of nitrogens with zero attached hydrogens (tertiary/aromatic N) is 2. The van der Waals surface area contributed by atoms with Gasteiger partial charge in [0, 0.05) is 50.9 Å². The number of urea groups is 1. The number of halogens is 2. The van der Waals surface area contributed by atoms with E-state index in [1.54, 1.807) is 45.0 Å². The summed E-state index contributed by atoms with van der Waals surface area (Å²) in [6.07, 6.45) is -0.754. The average Bonchev–Trinajstić information content (AvgIpc) is 3.71. The SMILES string of the molecule is C=CCCC(=O)C(=O)[C@@H](CC(=O)[C@@H]1[C@H]2CCC[C@H]2CN1C(=O)[C@@H](NC(=O)N[C@H](CN1Cc2ccccc2S1(=O)=O)C(C)(C)C)C(C)(C)C)CC(F)F. The Kier molecular flexibility index (Phi) is 12.9. The van der Waals surface area contributed by atoms with Gasteiger partial charge in [-0.15, -0.1) is 6.58 Å². The van der Waals surface area contributed by atoms with Crippen molar-refractivity contribution in [3.05, 3.63) is 42.5 Å². The number of hydrogen-bond donors (Lipinski definition) is 2. The second-order valence-electron chi connectivity index (χ2n) is 16.6. The Morgan fingerprint density at radius 1 is 1.00 bits per heavy atom. The summed E-state index contributed by atoms with van der Waals surface area (Å²) >= 11 is 0. The van der Waals surface area contributed by atoms with Gasteiger partial charge >= 0.3 is 6.03 Å². The fourth-order valence-electron chi connectivity index (χ4n) is 7.74. The van der Waals surface area contributed by atoms with Crippen molar-refractivity contribution in [2.24, 2.45) is 28.6 Å². The Morgan fingerprint density at radius 3 is 2.27 bits per heavy atom. The third-order valence-electron chi connectivity index (χ3n) is 10.7. The van der Waals surface area contributed by atoms with Gasteiger partial charge in [-0.2, -0.15) is 4.31 Å². The van der Waals surface area contributed by atoms with Crippen molar-refractivity contribution < 1.29 is 41.2 Å². The molecule has 1 saturated carbocycles. The predicted molar refractivity (Wildman–Crippen MR) is 192 cm³/mol. The molecule has 1 saturated heterocycles. The molecule has 0 bridgehead atoms. The van der Waals surface area contributed by atoms with Gasteiger partial charge < -0.3 is 15.5 Å². The number of hydrogen-bond acceptors (Lipinski definition) is 7. The lowest BCUT2D eigenvalue weighted by Gasteiger charge is -2.38. The Balaban J connectivity index is 1.54. The molecular formula is C38H54F2N4O7S. The fourth-order valence-corrected chi connectivity index (χ4v) is 9.39. The van der Waals surface area contributed by atoms with Crippen LogP contribution in [0.15, 0.2) is 41.8 Å². The molecule has 1 aliphatic carbocycles. The lowest BCUT2D eigenvalue weighted by molar-refractivity contribution is -0.144. The number of allylic oxidation sites excluding steroid dienone is 1. The second-order valence-corrected chi connectivity index (χ2v) is 18.5. The van der Waals surface area contributed by atoms with Crippen LogP contribution >= 0.6 is 0 Å². The van der Waals surface area contributed by atoms with E-state index in [2.05, 4.69) is 17.2 Å². The first-order valence-corrected chi connectivity index (χ1v) is 19.5. The fraction of sp³-hybridized carbons (Fsp3) is 0.658.